The summed E-state index contributed by atoms with van der Waals surface area (Å²) in [5.41, 5.74) is 4.50. The van der Waals surface area contributed by atoms with Gasteiger partial charge in [0.15, 0.2) is 17.3 Å². The van der Waals surface area contributed by atoms with E-state index in [1.54, 1.807) is 24.3 Å². The Hall–Kier alpha value is -4.70. The molecule has 0 aliphatic heterocycles. The number of carbonyl (C=O) groups excluding carboxylic acids is 3. The molecule has 162 valence electrons. The molecule has 3 aromatic carbocycles. The van der Waals surface area contributed by atoms with E-state index in [0.717, 1.165) is 53.6 Å². The van der Waals surface area contributed by atoms with E-state index in [1.807, 2.05) is 36.4 Å². The zero-order valence-electron chi connectivity index (χ0n) is 18.4. The summed E-state index contributed by atoms with van der Waals surface area (Å²) >= 11 is 0. The van der Waals surface area contributed by atoms with Crippen molar-refractivity contribution >= 4 is 58.5 Å². The molecule has 4 nitrogen and oxygen atoms in total. The predicted molar refractivity (Wildman–Crippen MR) is 134 cm³/mol. The van der Waals surface area contributed by atoms with Crippen LogP contribution in [0.5, 0.6) is 0 Å². The first-order valence-corrected chi connectivity index (χ1v) is 11.6. The Balaban J connectivity index is 1.58. The van der Waals surface area contributed by atoms with Gasteiger partial charge >= 0.3 is 0 Å². The molecule has 0 saturated heterocycles. The maximum absolute atomic E-state index is 13.5. The Morgan fingerprint density at radius 1 is 0.743 bits per heavy atom. The third-order valence-corrected chi connectivity index (χ3v) is 7.47. The average molecular weight is 449 g/mol. The first-order valence-electron chi connectivity index (χ1n) is 11.6. The summed E-state index contributed by atoms with van der Waals surface area (Å²) < 4.78 is 0. The molecule has 0 atom stereocenters. The number of carbonyl (C=O) groups is 3. The van der Waals surface area contributed by atoms with Gasteiger partial charge in [-0.05, 0) is 80.4 Å². The van der Waals surface area contributed by atoms with Crippen LogP contribution in [0.4, 0.5) is 0 Å². The maximum Gasteiger partial charge on any atom is 0.189 e. The molecule has 0 amide bonds. The first kappa shape index (κ1) is 18.7. The van der Waals surface area contributed by atoms with Crippen molar-refractivity contribution in [3.05, 3.63) is 102 Å². The van der Waals surface area contributed by atoms with Crippen molar-refractivity contribution in [1.82, 2.24) is 4.98 Å². The van der Waals surface area contributed by atoms with Crippen LogP contribution in [0.15, 0.2) is 48.5 Å². The Morgan fingerprint density at radius 3 is 2.51 bits per heavy atom. The second-order valence-corrected chi connectivity index (χ2v) is 9.38. The van der Waals surface area contributed by atoms with E-state index >= 15 is 0 Å². The number of hydrogen-bond donors (Lipinski definition) is 0. The SMILES string of the molecule is O=C1C=Cc2cc3c(cc2=C1)-c1nc2c4c(c1C(=O)C=3)CC=c1cc3ccccc3c(c1=4)C(=O)C=2. The Bertz CT molecular complexity index is 2180. The van der Waals surface area contributed by atoms with Crippen molar-refractivity contribution in [3.63, 3.8) is 0 Å². The third kappa shape index (κ3) is 2.35. The van der Waals surface area contributed by atoms with Gasteiger partial charge in [-0.3, -0.25) is 14.4 Å². The van der Waals surface area contributed by atoms with Gasteiger partial charge in [0, 0.05) is 27.6 Å². The van der Waals surface area contributed by atoms with Crippen LogP contribution < -0.4 is 21.0 Å². The van der Waals surface area contributed by atoms with Gasteiger partial charge in [-0.25, -0.2) is 4.98 Å². The first-order chi connectivity index (χ1) is 17.1. The summed E-state index contributed by atoms with van der Waals surface area (Å²) in [6.45, 7) is 0. The average Bonchev–Trinajstić information content (AvgIpc) is 2.85. The molecule has 1 aromatic heterocycles. The zero-order chi connectivity index (χ0) is 23.4. The van der Waals surface area contributed by atoms with Crippen molar-refractivity contribution in [3.8, 4) is 11.3 Å². The Labute approximate surface area is 197 Å². The molecule has 0 saturated carbocycles. The van der Waals surface area contributed by atoms with E-state index in [-0.39, 0.29) is 17.3 Å². The number of aromatic nitrogens is 1. The van der Waals surface area contributed by atoms with Crippen molar-refractivity contribution in [2.75, 3.05) is 0 Å². The highest BCUT2D eigenvalue weighted by molar-refractivity contribution is 6.25. The second kappa shape index (κ2) is 6.24. The third-order valence-electron chi connectivity index (χ3n) is 7.47. The van der Waals surface area contributed by atoms with Crippen molar-refractivity contribution in [1.29, 1.82) is 0 Å². The van der Waals surface area contributed by atoms with Gasteiger partial charge in [-0.15, -0.1) is 0 Å². The van der Waals surface area contributed by atoms with E-state index in [2.05, 4.69) is 12.1 Å². The second-order valence-electron chi connectivity index (χ2n) is 9.38. The molecule has 1 heterocycles. The van der Waals surface area contributed by atoms with Gasteiger partial charge in [-0.1, -0.05) is 36.4 Å². The molecule has 4 aliphatic rings. The number of allylic oxidation sites excluding steroid dienone is 1. The van der Waals surface area contributed by atoms with Crippen molar-refractivity contribution in [2.24, 2.45) is 0 Å². The van der Waals surface area contributed by atoms with Gasteiger partial charge in [0.25, 0.3) is 0 Å². The fourth-order valence-corrected chi connectivity index (χ4v) is 6.00. The molecule has 4 aliphatic carbocycles. The minimum atomic E-state index is -0.0753. The molecular weight excluding hydrogens is 434 g/mol. The summed E-state index contributed by atoms with van der Waals surface area (Å²) in [6, 6.07) is 13.9. The predicted octanol–water partition coefficient (Wildman–Crippen LogP) is 1.86. The molecule has 0 N–H and O–H groups in total. The molecule has 8 rings (SSSR count). The van der Waals surface area contributed by atoms with Crippen molar-refractivity contribution in [2.45, 2.75) is 6.42 Å². The lowest BCUT2D eigenvalue weighted by molar-refractivity contribution is -0.109. The lowest BCUT2D eigenvalue weighted by Crippen LogP contribution is -2.32. The lowest BCUT2D eigenvalue weighted by Gasteiger charge is -2.21. The zero-order valence-corrected chi connectivity index (χ0v) is 18.4. The van der Waals surface area contributed by atoms with Gasteiger partial charge in [0.05, 0.1) is 16.6 Å². The van der Waals surface area contributed by atoms with E-state index in [1.165, 1.54) is 6.08 Å². The quantitative estimate of drug-likeness (QED) is 0.411. The van der Waals surface area contributed by atoms with Crippen LogP contribution in [-0.4, -0.2) is 22.3 Å². The number of rotatable bonds is 0. The molecule has 0 spiro atoms. The van der Waals surface area contributed by atoms with Gasteiger partial charge < -0.3 is 0 Å². The van der Waals surface area contributed by atoms with E-state index < -0.39 is 0 Å². The van der Waals surface area contributed by atoms with E-state index in [0.29, 0.717) is 28.6 Å². The number of nitrogens with zero attached hydrogens (tertiary/aromatic N) is 1. The van der Waals surface area contributed by atoms with E-state index in [4.69, 9.17) is 4.98 Å². The summed E-state index contributed by atoms with van der Waals surface area (Å²) in [5, 5.41) is 6.94. The van der Waals surface area contributed by atoms with Crippen LogP contribution in [0.2, 0.25) is 0 Å². The number of Topliss-reactive ketones (excluding diaryl/α,β-unsaturated/α-hetero) is 2. The number of hydrogen-bond acceptors (Lipinski definition) is 4. The summed E-state index contributed by atoms with van der Waals surface area (Å²) in [7, 11) is 0. The maximum atomic E-state index is 13.5. The molecule has 4 heteroatoms. The highest BCUT2D eigenvalue weighted by atomic mass is 16.1. The summed E-state index contributed by atoms with van der Waals surface area (Å²) in [5.74, 6) is -0.205. The number of fused-ring (bicyclic) bond motifs is 7. The van der Waals surface area contributed by atoms with Crippen LogP contribution in [0, 0.1) is 10.4 Å². The largest absolute Gasteiger partial charge is 0.290 e. The Morgan fingerprint density at radius 2 is 1.60 bits per heavy atom. The molecule has 0 radical (unpaired) electrons. The number of pyridine rings is 1. The molecule has 0 unspecified atom stereocenters. The van der Waals surface area contributed by atoms with Crippen LogP contribution in [0.1, 0.15) is 31.8 Å². The van der Waals surface area contributed by atoms with Gasteiger partial charge in [-0.2, -0.15) is 0 Å². The smallest absolute Gasteiger partial charge is 0.189 e. The van der Waals surface area contributed by atoms with Crippen molar-refractivity contribution < 1.29 is 14.4 Å². The number of ketones is 3. The van der Waals surface area contributed by atoms with Crippen LogP contribution >= 0.6 is 0 Å². The fourth-order valence-electron chi connectivity index (χ4n) is 6.00. The fraction of sp³-hybridized carbons (Fsp3) is 0.0323. The highest BCUT2D eigenvalue weighted by Gasteiger charge is 2.28. The van der Waals surface area contributed by atoms with E-state index in [9.17, 15) is 14.4 Å². The molecule has 4 aromatic rings. The lowest BCUT2D eigenvalue weighted by atomic mass is 9.83. The van der Waals surface area contributed by atoms with Gasteiger partial charge in [0.1, 0.15) is 0 Å². The highest BCUT2D eigenvalue weighted by Crippen LogP contribution is 2.29. The van der Waals surface area contributed by atoms with Crippen LogP contribution in [-0.2, 0) is 11.2 Å². The molecular formula is C31H15NO3. The van der Waals surface area contributed by atoms with Gasteiger partial charge in [0.2, 0.25) is 0 Å². The minimum absolute atomic E-state index is 0.0630. The Kier molecular flexibility index (Phi) is 3.34. The molecule has 35 heavy (non-hydrogen) atoms. The summed E-state index contributed by atoms with van der Waals surface area (Å²) in [6.07, 6.45) is 10.9. The molecule has 0 bridgehead atoms. The molecule has 0 fully saturated rings. The monoisotopic (exact) mass is 449 g/mol. The van der Waals surface area contributed by atoms with Crippen LogP contribution in [0.25, 0.3) is 52.4 Å². The normalized spacial score (nSPS) is 15.7. The van der Waals surface area contributed by atoms with Crippen LogP contribution in [0.3, 0.4) is 0 Å². The number of benzene rings is 3. The summed E-state index contributed by atoms with van der Waals surface area (Å²) in [4.78, 5) is 43.8. The minimum Gasteiger partial charge on any atom is -0.290 e. The topological polar surface area (TPSA) is 64.1 Å². The standard InChI is InChI=1S/C31H15NO3/c33-20-7-5-15-9-19-13-25(34)30-22-8-6-17-10-16-3-1-2-4-21(16)29-26(35)14-24(28(22)27(17)29)32-31(30)23(19)12-18(15)11-20/h1-7,9-14H,8H2.